The number of carboxylic acids is 1. The minimum absolute atomic E-state index is 0.284. The summed E-state index contributed by atoms with van der Waals surface area (Å²) in [5, 5.41) is 18.4. The van der Waals surface area contributed by atoms with Gasteiger partial charge in [-0.15, -0.1) is 56.7 Å². The summed E-state index contributed by atoms with van der Waals surface area (Å²) in [5.74, 6) is -1.51. The predicted octanol–water partition coefficient (Wildman–Crippen LogP) is 15.1. The van der Waals surface area contributed by atoms with Crippen molar-refractivity contribution in [1.29, 1.82) is 0 Å². The van der Waals surface area contributed by atoms with Crippen LogP contribution in [0.2, 0.25) is 13.3 Å². The Balaban J connectivity index is 0.000000152. The molecule has 3 aromatic carbocycles. The van der Waals surface area contributed by atoms with Crippen LogP contribution in [0.4, 0.5) is 0 Å². The van der Waals surface area contributed by atoms with E-state index in [0.29, 0.717) is 24.3 Å². The predicted molar refractivity (Wildman–Crippen MR) is 294 cm³/mol. The van der Waals surface area contributed by atoms with Crippen molar-refractivity contribution in [3.05, 3.63) is 110 Å². The smallest absolute Gasteiger partial charge is 0.338 e. The molecule has 0 saturated heterocycles. The fraction of sp³-hybridized carbons (Fsp3) is 0.327. The van der Waals surface area contributed by atoms with Gasteiger partial charge < -0.3 is 14.6 Å². The van der Waals surface area contributed by atoms with Gasteiger partial charge in [-0.25, -0.2) is 39.3 Å². The van der Waals surface area contributed by atoms with Crippen LogP contribution in [-0.4, -0.2) is 84.5 Å². The zero-order chi connectivity index (χ0) is 49.2. The molecule has 0 atom stereocenters. The summed E-state index contributed by atoms with van der Waals surface area (Å²) in [6.45, 7) is 11.4. The van der Waals surface area contributed by atoms with Crippen LogP contribution in [0.15, 0.2) is 93.2 Å². The van der Waals surface area contributed by atoms with Gasteiger partial charge in [-0.05, 0) is 84.4 Å². The molecule has 0 radical (unpaired) electrons. The van der Waals surface area contributed by atoms with Crippen LogP contribution < -0.4 is 3.02 Å². The number of hydrogen-bond acceptors (Lipinski definition) is 17. The molecule has 0 saturated carbocycles. The van der Waals surface area contributed by atoms with E-state index in [1.54, 1.807) is 90.3 Å². The van der Waals surface area contributed by atoms with Gasteiger partial charge in [-0.1, -0.05) is 0 Å². The maximum atomic E-state index is 11.7. The van der Waals surface area contributed by atoms with Crippen LogP contribution >= 0.6 is 84.0 Å². The SMILES string of the molecule is CCC[CH2][Sn]([CH2]CCC)([CH2]CCC)[c]1nccs1.CCOC(=O)c1ccc2nc(-c3nccs3)sc2c1.CCOC(=O)c1ccc2nc(Br)sc2c1.O=C(O)c1ccc2nc(-c3nccs3)sc2c1. The third kappa shape index (κ3) is 15.2. The topological polar surface area (TPSA) is 167 Å². The van der Waals surface area contributed by atoms with E-state index in [0.717, 1.165) is 54.6 Å². The Bertz CT molecular complexity index is 2990. The summed E-state index contributed by atoms with van der Waals surface area (Å²) in [6, 6.07) is 15.7. The van der Waals surface area contributed by atoms with Gasteiger partial charge in [0.25, 0.3) is 0 Å². The fourth-order valence-corrected chi connectivity index (χ4v) is 31.1. The first-order chi connectivity index (χ1) is 33.5. The van der Waals surface area contributed by atoms with E-state index in [9.17, 15) is 14.4 Å². The van der Waals surface area contributed by atoms with Crippen LogP contribution in [0.5, 0.6) is 0 Å². The van der Waals surface area contributed by atoms with Crippen molar-refractivity contribution in [3.8, 4) is 20.0 Å². The number of fused-ring (bicyclic) bond motifs is 3. The molecule has 12 nitrogen and oxygen atoms in total. The second kappa shape index (κ2) is 27.5. The summed E-state index contributed by atoms with van der Waals surface area (Å²) in [5.41, 5.74) is 3.99. The Morgan fingerprint density at radius 2 is 0.971 bits per heavy atom. The molecule has 0 aliphatic rings. The summed E-state index contributed by atoms with van der Waals surface area (Å²) in [7, 11) is 0. The summed E-state index contributed by atoms with van der Waals surface area (Å²) in [6.07, 6.45) is 13.9. The first kappa shape index (κ1) is 54.2. The van der Waals surface area contributed by atoms with E-state index in [4.69, 9.17) is 19.6 Å². The molecule has 69 heavy (non-hydrogen) atoms. The van der Waals surface area contributed by atoms with Gasteiger partial charge in [-0.2, -0.15) is 0 Å². The Hall–Kier alpha value is -4.09. The number of benzene rings is 3. The number of esters is 2. The van der Waals surface area contributed by atoms with Crippen molar-refractivity contribution in [2.75, 3.05) is 13.2 Å². The van der Waals surface area contributed by atoms with Crippen molar-refractivity contribution in [2.24, 2.45) is 0 Å². The number of carbonyl (C=O) groups excluding carboxylic acids is 2. The molecule has 6 heterocycles. The quantitative estimate of drug-likeness (QED) is 0.0678. The average molecular weight is 1210 g/mol. The first-order valence-electron chi connectivity index (χ1n) is 22.7. The minimum Gasteiger partial charge on any atom is -0.478 e. The third-order valence-electron chi connectivity index (χ3n) is 10.6. The van der Waals surface area contributed by atoms with Crippen molar-refractivity contribution in [3.63, 3.8) is 0 Å². The van der Waals surface area contributed by atoms with Gasteiger partial charge in [-0.3, -0.25) is 0 Å². The van der Waals surface area contributed by atoms with Gasteiger partial charge in [0.1, 0.15) is 0 Å². The number of carbonyl (C=O) groups is 3. The summed E-state index contributed by atoms with van der Waals surface area (Å²) < 4.78 is 19.8. The summed E-state index contributed by atoms with van der Waals surface area (Å²) in [4.78, 5) is 60.4. The molecular formula is C49H53BrN6O6S6Sn. The van der Waals surface area contributed by atoms with Crippen molar-refractivity contribution < 1.29 is 29.0 Å². The van der Waals surface area contributed by atoms with Crippen LogP contribution in [0, 0.1) is 0 Å². The molecule has 6 aromatic heterocycles. The maximum absolute atomic E-state index is 11.7. The van der Waals surface area contributed by atoms with E-state index in [1.165, 1.54) is 83.9 Å². The Morgan fingerprint density at radius 1 is 0.551 bits per heavy atom. The van der Waals surface area contributed by atoms with Crippen LogP contribution in [0.1, 0.15) is 104 Å². The van der Waals surface area contributed by atoms with E-state index < -0.39 is 24.3 Å². The Kier molecular flexibility index (Phi) is 21.6. The molecule has 0 spiro atoms. The van der Waals surface area contributed by atoms with Crippen LogP contribution in [0.25, 0.3) is 50.7 Å². The molecule has 0 unspecified atom stereocenters. The molecule has 9 aromatic rings. The number of hydrogen-bond donors (Lipinski definition) is 1. The molecule has 0 aliphatic carbocycles. The number of thiazole rings is 6. The molecule has 20 heteroatoms. The fourth-order valence-electron chi connectivity index (χ4n) is 7.13. The number of aromatic carboxylic acids is 1. The molecule has 0 fully saturated rings. The Labute approximate surface area is 438 Å². The number of halogens is 1. The number of nitrogens with zero attached hydrogens (tertiary/aromatic N) is 6. The third-order valence-corrected chi connectivity index (χ3v) is 34.6. The first-order valence-corrected chi connectivity index (χ1v) is 36.0. The molecule has 1 N–H and O–H groups in total. The van der Waals surface area contributed by atoms with Crippen LogP contribution in [-0.2, 0) is 9.47 Å². The van der Waals surface area contributed by atoms with Crippen molar-refractivity contribution >= 4 is 154 Å². The van der Waals surface area contributed by atoms with Crippen molar-refractivity contribution in [1.82, 2.24) is 29.9 Å². The normalized spacial score (nSPS) is 11.0. The zero-order valence-electron chi connectivity index (χ0n) is 38.9. The number of ether oxygens (including phenoxy) is 2. The molecular weight excluding hydrogens is 1160 g/mol. The molecule has 362 valence electrons. The number of carboxylic acid groups (broad SMARTS) is 1. The van der Waals surface area contributed by atoms with Gasteiger partial charge in [0.2, 0.25) is 0 Å². The number of aromatic nitrogens is 6. The standard InChI is InChI=1S/C13H10N2O2S2.C11H6N2O2S2.C10H8BrNO2S.3C4H9.C3H2NS.Sn/c1-2-17-13(16)8-3-4-9-10(7-8)19-12(15-9)11-14-5-6-18-11;14-11(15)6-1-2-7-8(5-6)17-10(13-7)9-12-3-4-16-9;1-2-14-9(13)6-3-4-7-8(5-6)15-10(11)12-7;3*1-3-4-2;1-2-5-3-4-1;/h3-7H,2H2,1H3;1-5H,(H,14,15);3-5H,2H2,1H3;3*1,3-4H2,2H3;1-2H;. The largest absolute Gasteiger partial charge is 0.478 e. The summed E-state index contributed by atoms with van der Waals surface area (Å²) >= 11 is 10.7. The van der Waals surface area contributed by atoms with E-state index in [-0.39, 0.29) is 17.5 Å². The molecule has 0 bridgehead atoms. The number of unbranched alkanes of at least 4 members (excludes halogenated alkanes) is 3. The van der Waals surface area contributed by atoms with Gasteiger partial charge in [0.05, 0.1) is 60.6 Å². The molecule has 0 amide bonds. The number of rotatable bonds is 17. The molecule has 9 rings (SSSR count). The minimum atomic E-state index is -2.12. The van der Waals surface area contributed by atoms with Crippen molar-refractivity contribution in [2.45, 2.75) is 86.5 Å². The van der Waals surface area contributed by atoms with Gasteiger partial charge in [0, 0.05) is 23.2 Å². The second-order valence-electron chi connectivity index (χ2n) is 15.4. The second-order valence-corrected chi connectivity index (χ2v) is 36.4. The average Bonchev–Trinajstić information content (AvgIpc) is 4.22. The van der Waals surface area contributed by atoms with E-state index in [1.807, 2.05) is 46.5 Å². The van der Waals surface area contributed by atoms with Crippen LogP contribution in [0.3, 0.4) is 0 Å². The Morgan fingerprint density at radius 3 is 1.38 bits per heavy atom. The molecule has 0 aliphatic heterocycles. The van der Waals surface area contributed by atoms with Gasteiger partial charge >= 0.3 is 140 Å². The van der Waals surface area contributed by atoms with Gasteiger partial charge in [0.15, 0.2) is 23.9 Å². The van der Waals surface area contributed by atoms with E-state index >= 15 is 0 Å². The zero-order valence-corrected chi connectivity index (χ0v) is 48.3. The maximum Gasteiger partial charge on any atom is 0.338 e. The monoisotopic (exact) mass is 1210 g/mol. The van der Waals surface area contributed by atoms with E-state index in [2.05, 4.69) is 67.0 Å².